The van der Waals surface area contributed by atoms with Crippen molar-refractivity contribution < 1.29 is 23.1 Å². The molecule has 1 amide bonds. The lowest BCUT2D eigenvalue weighted by molar-refractivity contribution is -0.145. The first-order chi connectivity index (χ1) is 13.6. The molecule has 1 saturated carbocycles. The fourth-order valence-corrected chi connectivity index (χ4v) is 2.72. The molecule has 2 aromatic rings. The van der Waals surface area contributed by atoms with Crippen LogP contribution >= 0.6 is 0 Å². The largest absolute Gasteiger partial charge is 0.505 e. The highest BCUT2D eigenvalue weighted by atomic mass is 19.4. The van der Waals surface area contributed by atoms with Gasteiger partial charge < -0.3 is 20.6 Å². The Kier molecular flexibility index (Phi) is 5.71. The second kappa shape index (κ2) is 8.05. The van der Waals surface area contributed by atoms with Crippen LogP contribution in [0.3, 0.4) is 0 Å². The van der Waals surface area contributed by atoms with Gasteiger partial charge in [-0.1, -0.05) is 0 Å². The number of amides is 1. The predicted octanol–water partition coefficient (Wildman–Crippen LogP) is 2.34. The molecule has 0 radical (unpaired) electrons. The van der Waals surface area contributed by atoms with Gasteiger partial charge in [-0.25, -0.2) is 15.0 Å². The lowest BCUT2D eigenvalue weighted by Crippen LogP contribution is -2.37. The number of carbonyl (C=O) groups excluding carboxylic acids is 1. The number of nitrogens with one attached hydrogen (secondary N) is 2. The molecule has 2 aromatic heterocycles. The van der Waals surface area contributed by atoms with Crippen LogP contribution in [0.4, 0.5) is 30.6 Å². The molecule has 4 rings (SSSR count). The monoisotopic (exact) mass is 411 g/mol. The van der Waals surface area contributed by atoms with Gasteiger partial charge in [0.15, 0.2) is 11.6 Å². The number of hydrogen-bond donors (Lipinski definition) is 3. The van der Waals surface area contributed by atoms with Crippen LogP contribution in [0.25, 0.3) is 0 Å². The summed E-state index contributed by atoms with van der Waals surface area (Å²) in [6.07, 6.45) is 0.481. The first-order valence-corrected chi connectivity index (χ1v) is 8.88. The minimum Gasteiger partial charge on any atom is -0.505 e. The van der Waals surface area contributed by atoms with Gasteiger partial charge in [0.1, 0.15) is 5.69 Å². The van der Waals surface area contributed by atoms with Crippen LogP contribution in [0.5, 0.6) is 5.75 Å². The summed E-state index contributed by atoms with van der Waals surface area (Å²) < 4.78 is 35.1. The maximum atomic E-state index is 11.7. The molecule has 0 spiro atoms. The molecule has 0 aromatic carbocycles. The average Bonchev–Trinajstić information content (AvgIpc) is 2.59. The smallest absolute Gasteiger partial charge is 0.451 e. The van der Waals surface area contributed by atoms with Gasteiger partial charge in [-0.2, -0.15) is 18.2 Å². The molecule has 3 heterocycles. The summed E-state index contributed by atoms with van der Waals surface area (Å²) in [5, 5.41) is 14.7. The number of likely N-dealkylation sites (N-methyl/N-ethyl adjacent to an activating group) is 1. The van der Waals surface area contributed by atoms with E-state index in [0.29, 0.717) is 30.9 Å². The first-order valence-electron chi connectivity index (χ1n) is 8.88. The summed E-state index contributed by atoms with van der Waals surface area (Å²) in [6, 6.07) is 0.505. The fourth-order valence-electron chi connectivity index (χ4n) is 2.72. The van der Waals surface area contributed by atoms with Gasteiger partial charge in [-0.05, 0) is 26.2 Å². The minimum absolute atomic E-state index is 0.0172. The number of alkyl halides is 3. The average molecular weight is 411 g/mol. The van der Waals surface area contributed by atoms with Gasteiger partial charge in [0, 0.05) is 13.1 Å². The number of halogens is 3. The predicted molar refractivity (Wildman–Crippen MR) is 98.6 cm³/mol. The highest BCUT2D eigenvalue weighted by Gasteiger charge is 2.34. The standard InChI is InChI=1S/C12H17N5O.C5H3F3N2O/c1-7-10-11(17(2)6-9(18)15-10)16-12(13-7)14-8-4-3-5-8;6-5(7,8)4-9-1-3(11)2-10-4/h8H,3-6H2,1-2H3,(H,15,18)(H,13,14,16);1-2,11H. The van der Waals surface area contributed by atoms with Crippen molar-refractivity contribution in [3.8, 4) is 5.75 Å². The summed E-state index contributed by atoms with van der Waals surface area (Å²) >= 11 is 0. The SMILES string of the molecule is Cc1nc(NC2CCC2)nc2c1NC(=O)CN2C.Oc1cnc(C(F)(F)F)nc1. The molecule has 2 aliphatic rings. The molecule has 0 unspecified atom stereocenters. The number of aromatic nitrogens is 4. The zero-order chi connectivity index (χ0) is 21.2. The normalized spacial score (nSPS) is 16.2. The number of carbonyl (C=O) groups is 1. The van der Waals surface area contributed by atoms with Gasteiger partial charge in [0.05, 0.1) is 24.6 Å². The Morgan fingerprint density at radius 2 is 1.90 bits per heavy atom. The van der Waals surface area contributed by atoms with Gasteiger partial charge in [0.25, 0.3) is 0 Å². The molecule has 156 valence electrons. The van der Waals surface area contributed by atoms with Gasteiger partial charge in [0.2, 0.25) is 17.7 Å². The van der Waals surface area contributed by atoms with Crippen LogP contribution in [0.1, 0.15) is 30.8 Å². The quantitative estimate of drug-likeness (QED) is 0.690. The molecule has 1 fully saturated rings. The molecule has 1 aliphatic carbocycles. The highest BCUT2D eigenvalue weighted by Crippen LogP contribution is 2.31. The molecule has 0 atom stereocenters. The minimum atomic E-state index is -4.55. The van der Waals surface area contributed by atoms with Gasteiger partial charge >= 0.3 is 6.18 Å². The molecule has 9 nitrogen and oxygen atoms in total. The Bertz CT molecular complexity index is 886. The Morgan fingerprint density at radius 1 is 1.24 bits per heavy atom. The summed E-state index contributed by atoms with van der Waals surface area (Å²) in [5.74, 6) is -0.201. The number of fused-ring (bicyclic) bond motifs is 1. The lowest BCUT2D eigenvalue weighted by Gasteiger charge is -2.30. The number of aryl methyl sites for hydroxylation is 1. The first kappa shape index (κ1) is 20.6. The number of hydrogen-bond acceptors (Lipinski definition) is 8. The number of aromatic hydroxyl groups is 1. The van der Waals surface area contributed by atoms with Gasteiger partial charge in [-0.15, -0.1) is 0 Å². The van der Waals surface area contributed by atoms with Crippen LogP contribution in [0.2, 0.25) is 0 Å². The van der Waals surface area contributed by atoms with E-state index < -0.39 is 17.8 Å². The maximum Gasteiger partial charge on any atom is 0.451 e. The molecule has 1 aliphatic heterocycles. The number of rotatable bonds is 2. The molecule has 0 bridgehead atoms. The van der Waals surface area contributed by atoms with E-state index >= 15 is 0 Å². The van der Waals surface area contributed by atoms with Crippen molar-refractivity contribution in [2.24, 2.45) is 0 Å². The van der Waals surface area contributed by atoms with Crippen LogP contribution in [-0.2, 0) is 11.0 Å². The Balaban J connectivity index is 0.000000188. The highest BCUT2D eigenvalue weighted by molar-refractivity contribution is 6.00. The zero-order valence-electron chi connectivity index (χ0n) is 15.8. The number of nitrogens with zero attached hydrogens (tertiary/aromatic N) is 5. The van der Waals surface area contributed by atoms with E-state index in [1.165, 1.54) is 19.3 Å². The van der Waals surface area contributed by atoms with Crippen LogP contribution in [0.15, 0.2) is 12.4 Å². The van der Waals surface area contributed by atoms with Crippen LogP contribution in [0, 0.1) is 6.92 Å². The van der Waals surface area contributed by atoms with E-state index in [4.69, 9.17) is 5.11 Å². The van der Waals surface area contributed by atoms with E-state index in [9.17, 15) is 18.0 Å². The molecule has 12 heteroatoms. The van der Waals surface area contributed by atoms with Crippen molar-refractivity contribution in [2.45, 2.75) is 38.4 Å². The lowest BCUT2D eigenvalue weighted by atomic mass is 9.93. The molecule has 0 saturated heterocycles. The van der Waals surface area contributed by atoms with Crippen molar-refractivity contribution in [3.63, 3.8) is 0 Å². The molecular formula is C17H20F3N7O2. The van der Waals surface area contributed by atoms with Crippen molar-refractivity contribution in [2.75, 3.05) is 29.1 Å². The van der Waals surface area contributed by atoms with E-state index in [0.717, 1.165) is 17.2 Å². The molecule has 29 heavy (non-hydrogen) atoms. The molecular weight excluding hydrogens is 391 g/mol. The Labute approximate surface area is 164 Å². The van der Waals surface area contributed by atoms with Crippen molar-refractivity contribution in [3.05, 3.63) is 23.9 Å². The van der Waals surface area contributed by atoms with E-state index in [1.807, 2.05) is 18.9 Å². The van der Waals surface area contributed by atoms with Crippen LogP contribution < -0.4 is 15.5 Å². The Morgan fingerprint density at radius 3 is 2.45 bits per heavy atom. The van der Waals surface area contributed by atoms with Crippen molar-refractivity contribution in [1.82, 2.24) is 19.9 Å². The van der Waals surface area contributed by atoms with Crippen molar-refractivity contribution >= 4 is 23.4 Å². The Hall–Kier alpha value is -3.18. The van der Waals surface area contributed by atoms with E-state index in [2.05, 4.69) is 30.6 Å². The van der Waals surface area contributed by atoms with Crippen LogP contribution in [-0.4, -0.2) is 50.6 Å². The van der Waals surface area contributed by atoms with Gasteiger partial charge in [-0.3, -0.25) is 4.79 Å². The van der Waals surface area contributed by atoms with Crippen molar-refractivity contribution in [1.29, 1.82) is 0 Å². The topological polar surface area (TPSA) is 116 Å². The maximum absolute atomic E-state index is 11.7. The zero-order valence-corrected chi connectivity index (χ0v) is 15.8. The third-order valence-electron chi connectivity index (χ3n) is 4.41. The second-order valence-corrected chi connectivity index (χ2v) is 6.77. The van der Waals surface area contributed by atoms with E-state index in [1.54, 1.807) is 0 Å². The summed E-state index contributed by atoms with van der Waals surface area (Å²) in [4.78, 5) is 28.0. The summed E-state index contributed by atoms with van der Waals surface area (Å²) in [5.41, 5.74) is 1.54. The van der Waals surface area contributed by atoms with E-state index in [-0.39, 0.29) is 5.91 Å². The third-order valence-corrected chi connectivity index (χ3v) is 4.41. The third kappa shape index (κ3) is 5.00. The second-order valence-electron chi connectivity index (χ2n) is 6.77. The number of anilines is 3. The molecule has 3 N–H and O–H groups in total. The fraction of sp³-hybridized carbons (Fsp3) is 0.471. The summed E-state index contributed by atoms with van der Waals surface area (Å²) in [7, 11) is 1.87. The summed E-state index contributed by atoms with van der Waals surface area (Å²) in [6.45, 7) is 2.23.